The van der Waals surface area contributed by atoms with Crippen molar-refractivity contribution in [2.24, 2.45) is 5.73 Å². The Morgan fingerprint density at radius 2 is 2.16 bits per heavy atom. The summed E-state index contributed by atoms with van der Waals surface area (Å²) in [6.07, 6.45) is 3.22. The molecule has 0 radical (unpaired) electrons. The molecule has 0 spiro atoms. The summed E-state index contributed by atoms with van der Waals surface area (Å²) in [7, 11) is 0. The van der Waals surface area contributed by atoms with E-state index in [0.29, 0.717) is 21.4 Å². The number of benzene rings is 1. The predicted octanol–water partition coefficient (Wildman–Crippen LogP) is 4.33. The van der Waals surface area contributed by atoms with Gasteiger partial charge in [0.25, 0.3) is 5.91 Å². The number of amides is 1. The number of rotatable bonds is 8. The van der Waals surface area contributed by atoms with E-state index in [1.54, 1.807) is 30.5 Å². The molecule has 1 amide bonds. The van der Waals surface area contributed by atoms with Gasteiger partial charge >= 0.3 is 0 Å². The Morgan fingerprint density at radius 1 is 1.32 bits per heavy atom. The van der Waals surface area contributed by atoms with Gasteiger partial charge in [0.2, 0.25) is 0 Å². The van der Waals surface area contributed by atoms with Crippen LogP contribution in [0.4, 0.5) is 0 Å². The van der Waals surface area contributed by atoms with Gasteiger partial charge in [0, 0.05) is 17.8 Å². The maximum atomic E-state index is 12.1. The van der Waals surface area contributed by atoms with Gasteiger partial charge in [0.1, 0.15) is 34.7 Å². The quantitative estimate of drug-likeness (QED) is 0.410. The monoisotopic (exact) mass is 457 g/mol. The van der Waals surface area contributed by atoms with Crippen LogP contribution in [0.25, 0.3) is 16.2 Å². The second-order valence-corrected chi connectivity index (χ2v) is 8.22. The summed E-state index contributed by atoms with van der Waals surface area (Å²) in [6, 6.07) is 12.7. The van der Waals surface area contributed by atoms with E-state index in [4.69, 9.17) is 31.9 Å². The van der Waals surface area contributed by atoms with E-state index in [2.05, 4.69) is 4.98 Å². The van der Waals surface area contributed by atoms with E-state index >= 15 is 0 Å². The molecular formula is C22H20ClN3O4S. The molecule has 31 heavy (non-hydrogen) atoms. The summed E-state index contributed by atoms with van der Waals surface area (Å²) in [4.78, 5) is 17.6. The van der Waals surface area contributed by atoms with E-state index < -0.39 is 12.0 Å². The first-order valence-corrected chi connectivity index (χ1v) is 10.7. The second kappa shape index (κ2) is 8.97. The van der Waals surface area contributed by atoms with Gasteiger partial charge in [0.05, 0.1) is 28.4 Å². The van der Waals surface area contributed by atoms with E-state index in [9.17, 15) is 4.79 Å². The highest BCUT2D eigenvalue weighted by molar-refractivity contribution is 7.17. The van der Waals surface area contributed by atoms with Gasteiger partial charge in [-0.15, -0.1) is 11.3 Å². The molecule has 0 saturated heterocycles. The Labute approximate surface area is 187 Å². The number of ether oxygens (including phenoxy) is 2. The van der Waals surface area contributed by atoms with Crippen LogP contribution in [0.15, 0.2) is 54.9 Å². The van der Waals surface area contributed by atoms with Gasteiger partial charge in [-0.2, -0.15) is 0 Å². The van der Waals surface area contributed by atoms with Crippen LogP contribution < -0.4 is 15.2 Å². The number of hydrogen-bond acceptors (Lipinski definition) is 6. The zero-order chi connectivity index (χ0) is 22.0. The smallest absolute Gasteiger partial charge is 0.262 e. The van der Waals surface area contributed by atoms with Gasteiger partial charge in [-0.1, -0.05) is 23.7 Å². The van der Waals surface area contributed by atoms with E-state index in [0.717, 1.165) is 21.8 Å². The van der Waals surface area contributed by atoms with Crippen LogP contribution in [0, 0.1) is 0 Å². The van der Waals surface area contributed by atoms with Crippen molar-refractivity contribution in [2.45, 2.75) is 13.0 Å². The molecule has 0 fully saturated rings. The normalized spacial score (nSPS) is 12.1. The van der Waals surface area contributed by atoms with Crippen molar-refractivity contribution < 1.29 is 19.4 Å². The molecule has 9 heteroatoms. The second-order valence-electron chi connectivity index (χ2n) is 6.76. The minimum absolute atomic E-state index is 0.0816. The number of aliphatic hydroxyl groups excluding tert-OH is 1. The maximum absolute atomic E-state index is 12.1. The van der Waals surface area contributed by atoms with Crippen molar-refractivity contribution in [3.8, 4) is 22.1 Å². The molecule has 0 saturated carbocycles. The SMILES string of the molecule is CC(Oc1cc(-c2cnc3ccccn23)sc1C(N)=O)c1ccc(OCCO)cc1Cl. The maximum Gasteiger partial charge on any atom is 0.262 e. The highest BCUT2D eigenvalue weighted by Gasteiger charge is 2.21. The fraction of sp³-hybridized carbons (Fsp3) is 0.182. The number of thiophene rings is 1. The summed E-state index contributed by atoms with van der Waals surface area (Å²) in [5.74, 6) is 0.381. The Hall–Kier alpha value is -3.07. The molecular weight excluding hydrogens is 438 g/mol. The number of imidazole rings is 1. The van der Waals surface area contributed by atoms with Crippen LogP contribution in [0.2, 0.25) is 5.02 Å². The number of aliphatic hydroxyl groups is 1. The molecule has 0 aliphatic heterocycles. The molecule has 3 heterocycles. The number of hydrogen-bond donors (Lipinski definition) is 2. The minimum Gasteiger partial charge on any atom is -0.491 e. The summed E-state index contributed by atoms with van der Waals surface area (Å²) in [6.45, 7) is 1.94. The molecule has 0 aliphatic carbocycles. The number of nitrogens with zero attached hydrogens (tertiary/aromatic N) is 2. The van der Waals surface area contributed by atoms with Crippen LogP contribution >= 0.6 is 22.9 Å². The van der Waals surface area contributed by atoms with Crippen LogP contribution in [0.5, 0.6) is 11.5 Å². The number of carbonyl (C=O) groups is 1. The average Bonchev–Trinajstić information content (AvgIpc) is 3.36. The third-order valence-electron chi connectivity index (χ3n) is 4.66. The molecule has 4 rings (SSSR count). The molecule has 3 aromatic heterocycles. The molecule has 1 atom stereocenters. The molecule has 1 unspecified atom stereocenters. The standard InChI is InChI=1S/C22H20ClN3O4S/c1-13(15-6-5-14(10-16(15)23)29-9-8-27)30-18-11-19(31-21(18)22(24)28)17-12-25-20-4-2-3-7-26(17)20/h2-7,10-13,27H,8-9H2,1H3,(H2,24,28). The lowest BCUT2D eigenvalue weighted by atomic mass is 10.1. The van der Waals surface area contributed by atoms with Crippen molar-refractivity contribution in [1.82, 2.24) is 9.38 Å². The van der Waals surface area contributed by atoms with Crippen LogP contribution in [0.1, 0.15) is 28.3 Å². The lowest BCUT2D eigenvalue weighted by molar-refractivity contribution is 0.0998. The van der Waals surface area contributed by atoms with E-state index in [1.807, 2.05) is 35.7 Å². The van der Waals surface area contributed by atoms with E-state index in [-0.39, 0.29) is 13.2 Å². The fourth-order valence-corrected chi connectivity index (χ4v) is 4.49. The number of fused-ring (bicyclic) bond motifs is 1. The van der Waals surface area contributed by atoms with Crippen molar-refractivity contribution >= 4 is 34.5 Å². The predicted molar refractivity (Wildman–Crippen MR) is 120 cm³/mol. The van der Waals surface area contributed by atoms with Crippen LogP contribution in [0.3, 0.4) is 0 Å². The molecule has 0 bridgehead atoms. The molecule has 160 valence electrons. The van der Waals surface area contributed by atoms with Gasteiger partial charge < -0.3 is 20.3 Å². The molecule has 3 N–H and O–H groups in total. The lowest BCUT2D eigenvalue weighted by Gasteiger charge is -2.17. The number of nitrogens with two attached hydrogens (primary N) is 1. The first-order valence-electron chi connectivity index (χ1n) is 9.53. The number of carbonyl (C=O) groups excluding carboxylic acids is 1. The number of aromatic nitrogens is 2. The topological polar surface area (TPSA) is 99.1 Å². The van der Waals surface area contributed by atoms with Crippen molar-refractivity contribution in [1.29, 1.82) is 0 Å². The molecule has 7 nitrogen and oxygen atoms in total. The third-order valence-corrected chi connectivity index (χ3v) is 6.15. The Kier molecular flexibility index (Phi) is 6.13. The van der Waals surface area contributed by atoms with Crippen LogP contribution in [-0.2, 0) is 0 Å². The number of primary amides is 1. The Balaban J connectivity index is 1.63. The Bertz CT molecular complexity index is 1240. The first kappa shape index (κ1) is 21.2. The average molecular weight is 458 g/mol. The van der Waals surface area contributed by atoms with Gasteiger partial charge in [-0.05, 0) is 31.2 Å². The molecule has 0 aliphatic rings. The van der Waals surface area contributed by atoms with Crippen molar-refractivity contribution in [3.63, 3.8) is 0 Å². The third kappa shape index (κ3) is 4.36. The van der Waals surface area contributed by atoms with Crippen LogP contribution in [-0.4, -0.2) is 33.6 Å². The highest BCUT2D eigenvalue weighted by Crippen LogP contribution is 2.39. The summed E-state index contributed by atoms with van der Waals surface area (Å²) >= 11 is 7.66. The van der Waals surface area contributed by atoms with Crippen molar-refractivity contribution in [3.05, 3.63) is 70.3 Å². The molecule has 1 aromatic carbocycles. The number of halogens is 1. The zero-order valence-corrected chi connectivity index (χ0v) is 18.2. The Morgan fingerprint density at radius 3 is 2.90 bits per heavy atom. The highest BCUT2D eigenvalue weighted by atomic mass is 35.5. The largest absolute Gasteiger partial charge is 0.491 e. The number of pyridine rings is 1. The van der Waals surface area contributed by atoms with Gasteiger partial charge in [-0.3, -0.25) is 9.20 Å². The minimum atomic E-state index is -0.564. The van der Waals surface area contributed by atoms with Crippen molar-refractivity contribution in [2.75, 3.05) is 13.2 Å². The fourth-order valence-electron chi connectivity index (χ4n) is 3.22. The summed E-state index contributed by atoms with van der Waals surface area (Å²) < 4.78 is 13.4. The summed E-state index contributed by atoms with van der Waals surface area (Å²) in [5.41, 5.74) is 7.99. The van der Waals surface area contributed by atoms with Gasteiger partial charge in [0.15, 0.2) is 0 Å². The zero-order valence-electron chi connectivity index (χ0n) is 16.6. The lowest BCUT2D eigenvalue weighted by Crippen LogP contribution is -2.12. The summed E-state index contributed by atoms with van der Waals surface area (Å²) in [5, 5.41) is 9.34. The first-order chi connectivity index (χ1) is 15.0. The van der Waals surface area contributed by atoms with E-state index in [1.165, 1.54) is 11.3 Å². The van der Waals surface area contributed by atoms with Gasteiger partial charge in [-0.25, -0.2) is 4.98 Å². The molecule has 4 aromatic rings.